The maximum absolute atomic E-state index is 11.9. The first-order chi connectivity index (χ1) is 16.9. The van der Waals surface area contributed by atoms with Crippen LogP contribution in [0.15, 0.2) is 103 Å². The maximum Gasteiger partial charge on any atom is 0.296 e. The molecule has 0 spiro atoms. The number of phenols is 2. The van der Waals surface area contributed by atoms with Crippen molar-refractivity contribution in [2.24, 2.45) is 20.5 Å². The fourth-order valence-corrected chi connectivity index (χ4v) is 4.35. The van der Waals surface area contributed by atoms with Crippen molar-refractivity contribution in [1.29, 1.82) is 0 Å². The van der Waals surface area contributed by atoms with Crippen LogP contribution in [0.4, 0.5) is 22.7 Å². The third-order valence-electron chi connectivity index (χ3n) is 4.85. The molecule has 0 bridgehead atoms. The van der Waals surface area contributed by atoms with Gasteiger partial charge in [0.25, 0.3) is 20.2 Å². The van der Waals surface area contributed by atoms with Crippen molar-refractivity contribution in [2.75, 3.05) is 0 Å². The number of azo groups is 2. The molecule has 37 heavy (non-hydrogen) atoms. The van der Waals surface area contributed by atoms with Crippen LogP contribution < -0.4 is 0 Å². The average Bonchev–Trinajstić information content (AvgIpc) is 2.82. The molecule has 12 nitrogen and oxygen atoms in total. The summed E-state index contributed by atoms with van der Waals surface area (Å²) in [7, 11) is -9.18. The Morgan fingerprint density at radius 1 is 0.649 bits per heavy atom. The normalized spacial score (nSPS) is 12.3. The molecule has 15 heteroatoms. The van der Waals surface area contributed by atoms with E-state index in [9.17, 15) is 31.6 Å². The number of rotatable bonds is 6. The van der Waals surface area contributed by atoms with Crippen molar-refractivity contribution in [3.8, 4) is 11.5 Å². The average molecular weight is 594 g/mol. The summed E-state index contributed by atoms with van der Waals surface area (Å²) in [6, 6.07) is 16.4. The van der Waals surface area contributed by atoms with Gasteiger partial charge in [0.2, 0.25) is 0 Å². The molecule has 0 amide bonds. The van der Waals surface area contributed by atoms with Crippen molar-refractivity contribution in [3.63, 3.8) is 0 Å². The van der Waals surface area contributed by atoms with Crippen molar-refractivity contribution in [2.45, 2.75) is 9.79 Å². The zero-order valence-electron chi connectivity index (χ0n) is 18.7. The molecule has 0 saturated heterocycles. The zero-order chi connectivity index (χ0) is 26.1. The third-order valence-corrected chi connectivity index (χ3v) is 6.57. The Morgan fingerprint density at radius 3 is 1.97 bits per heavy atom. The van der Waals surface area contributed by atoms with Gasteiger partial charge < -0.3 is 10.2 Å². The summed E-state index contributed by atoms with van der Waals surface area (Å²) in [5.74, 6) is -0.947. The van der Waals surface area contributed by atoms with Crippen LogP contribution in [0.2, 0.25) is 0 Å². The van der Waals surface area contributed by atoms with Crippen molar-refractivity contribution < 1.29 is 55.6 Å². The van der Waals surface area contributed by atoms with E-state index in [0.29, 0.717) is 5.39 Å². The monoisotopic (exact) mass is 592 g/mol. The minimum atomic E-state index is -4.77. The van der Waals surface area contributed by atoms with Gasteiger partial charge in [-0.2, -0.15) is 27.1 Å². The van der Waals surface area contributed by atoms with E-state index in [1.165, 1.54) is 36.4 Å². The Labute approximate surface area is 223 Å². The van der Waals surface area contributed by atoms with E-state index >= 15 is 0 Å². The quantitative estimate of drug-likeness (QED) is 0.126. The molecule has 4 aromatic carbocycles. The number of fused-ring (bicyclic) bond motifs is 1. The van der Waals surface area contributed by atoms with Gasteiger partial charge in [-0.3, -0.25) is 9.11 Å². The number of phenolic OH excluding ortho intramolecular Hbond substituents is 2. The summed E-state index contributed by atoms with van der Waals surface area (Å²) in [6.07, 6.45) is 0. The molecule has 0 aliphatic rings. The van der Waals surface area contributed by atoms with Gasteiger partial charge in [0.15, 0.2) is 5.75 Å². The van der Waals surface area contributed by atoms with E-state index < -0.39 is 42.3 Å². The molecular formula is C22H16N4O8S2Zn. The minimum Gasteiger partial charge on any atom is -0.506 e. The summed E-state index contributed by atoms with van der Waals surface area (Å²) < 4.78 is 64.9. The van der Waals surface area contributed by atoms with E-state index in [-0.39, 0.29) is 46.8 Å². The summed E-state index contributed by atoms with van der Waals surface area (Å²) in [5.41, 5.74) is -0.358. The van der Waals surface area contributed by atoms with Crippen LogP contribution in [-0.4, -0.2) is 36.2 Å². The van der Waals surface area contributed by atoms with E-state index in [2.05, 4.69) is 20.5 Å². The van der Waals surface area contributed by atoms with Crippen LogP contribution in [0.3, 0.4) is 0 Å². The fourth-order valence-electron chi connectivity index (χ4n) is 3.17. The van der Waals surface area contributed by atoms with Gasteiger partial charge >= 0.3 is 0 Å². The van der Waals surface area contributed by atoms with E-state index in [0.717, 1.165) is 18.2 Å². The topological polar surface area (TPSA) is 199 Å². The molecule has 0 heterocycles. The predicted octanol–water partition coefficient (Wildman–Crippen LogP) is 5.57. The van der Waals surface area contributed by atoms with Crippen molar-refractivity contribution >= 4 is 53.8 Å². The van der Waals surface area contributed by atoms with Gasteiger partial charge in [0.1, 0.15) is 22.0 Å². The standard InChI is InChI=1S/C22H16N4O8S2.Zn/c27-19-12-15(24-23-14-5-3-6-16(11-14)35(29,30)31)8-9-18(19)25-26-21-20(36(32,33)34)10-13-4-1-2-7-17(13)22(21)28;/h1-12,27-28H,(H,29,30,31)(H,32,33,34);. The molecule has 4 N–H and O–H groups in total. The summed E-state index contributed by atoms with van der Waals surface area (Å²) in [6.45, 7) is 0. The first-order valence-corrected chi connectivity index (χ1v) is 12.8. The Balaban J connectivity index is 0.00000380. The molecule has 0 radical (unpaired) electrons. The molecule has 186 valence electrons. The zero-order valence-corrected chi connectivity index (χ0v) is 23.3. The van der Waals surface area contributed by atoms with Crippen LogP contribution in [0.5, 0.6) is 11.5 Å². The number of aromatic hydroxyl groups is 2. The molecule has 0 fully saturated rings. The fraction of sp³-hybridized carbons (Fsp3) is 0. The minimum absolute atomic E-state index is 0. The van der Waals surface area contributed by atoms with Gasteiger partial charge in [0, 0.05) is 30.9 Å². The Hall–Kier alpha value is -3.62. The van der Waals surface area contributed by atoms with E-state index in [4.69, 9.17) is 4.55 Å². The number of benzene rings is 4. The maximum atomic E-state index is 11.9. The van der Waals surface area contributed by atoms with Crippen LogP contribution in [0.1, 0.15) is 0 Å². The molecule has 4 aromatic rings. The molecule has 0 saturated carbocycles. The third kappa shape index (κ3) is 6.39. The molecule has 0 aliphatic carbocycles. The molecule has 0 aromatic heterocycles. The smallest absolute Gasteiger partial charge is 0.296 e. The summed E-state index contributed by atoms with van der Waals surface area (Å²) >= 11 is 0. The van der Waals surface area contributed by atoms with Crippen molar-refractivity contribution in [1.82, 2.24) is 0 Å². The van der Waals surface area contributed by atoms with E-state index in [1.54, 1.807) is 18.2 Å². The van der Waals surface area contributed by atoms with Gasteiger partial charge in [-0.15, -0.1) is 10.2 Å². The summed E-state index contributed by atoms with van der Waals surface area (Å²) in [5, 5.41) is 36.7. The molecule has 0 aliphatic heterocycles. The predicted molar refractivity (Wildman–Crippen MR) is 128 cm³/mol. The Kier molecular flexibility index (Phi) is 8.15. The van der Waals surface area contributed by atoms with Gasteiger partial charge in [0.05, 0.1) is 16.3 Å². The Morgan fingerprint density at radius 2 is 1.32 bits per heavy atom. The number of nitrogens with zero attached hydrogens (tertiary/aromatic N) is 4. The van der Waals surface area contributed by atoms with Crippen LogP contribution in [0, 0.1) is 0 Å². The van der Waals surface area contributed by atoms with Gasteiger partial charge in [-0.25, -0.2) is 0 Å². The number of hydrogen-bond donors (Lipinski definition) is 4. The first-order valence-electron chi connectivity index (χ1n) is 9.90. The SMILES string of the molecule is O=S(=O)(O)c1cccc(N=Nc2ccc(N=Nc3c(S(=O)(=O)O)cc4ccccc4c3O)c(O)c2)c1.[Zn]. The Bertz CT molecular complexity index is 1780. The van der Waals surface area contributed by atoms with Gasteiger partial charge in [-0.05, 0) is 41.8 Å². The second kappa shape index (κ2) is 10.8. The van der Waals surface area contributed by atoms with Gasteiger partial charge in [-0.1, -0.05) is 30.3 Å². The summed E-state index contributed by atoms with van der Waals surface area (Å²) in [4.78, 5) is -1.03. The van der Waals surface area contributed by atoms with E-state index in [1.807, 2.05) is 0 Å². The first kappa shape index (κ1) is 28.0. The second-order valence-corrected chi connectivity index (χ2v) is 10.1. The van der Waals surface area contributed by atoms with Crippen LogP contribution in [-0.2, 0) is 39.7 Å². The molecule has 0 atom stereocenters. The molecular weight excluding hydrogens is 578 g/mol. The largest absolute Gasteiger partial charge is 0.506 e. The van der Waals surface area contributed by atoms with Crippen LogP contribution >= 0.6 is 0 Å². The number of hydrogen-bond acceptors (Lipinski definition) is 10. The molecule has 0 unspecified atom stereocenters. The molecule has 4 rings (SSSR count). The van der Waals surface area contributed by atoms with Crippen molar-refractivity contribution in [3.05, 3.63) is 72.8 Å². The second-order valence-electron chi connectivity index (χ2n) is 7.31. The van der Waals surface area contributed by atoms with Crippen LogP contribution in [0.25, 0.3) is 10.8 Å².